The molecule has 1 aromatic heterocycles. The summed E-state index contributed by atoms with van der Waals surface area (Å²) in [6.07, 6.45) is 1.71. The lowest BCUT2D eigenvalue weighted by Gasteiger charge is -2.35. The van der Waals surface area contributed by atoms with Gasteiger partial charge in [-0.25, -0.2) is 0 Å². The average molecular weight is 410 g/mol. The summed E-state index contributed by atoms with van der Waals surface area (Å²) in [6.45, 7) is 3.39. The number of rotatable bonds is 7. The molecule has 8 heteroatoms. The van der Waals surface area contributed by atoms with E-state index in [-0.39, 0.29) is 11.9 Å². The molecule has 8 nitrogen and oxygen atoms in total. The Balaban J connectivity index is 1.57. The summed E-state index contributed by atoms with van der Waals surface area (Å²) in [4.78, 5) is 15.3. The SMILES string of the molecule is COc1ccc(C(CNC(=O)c2cccc3cn[nH]c23)N2CCOCC2)cc1OC. The van der Waals surface area contributed by atoms with E-state index >= 15 is 0 Å². The summed E-state index contributed by atoms with van der Waals surface area (Å²) in [5.41, 5.74) is 2.37. The minimum atomic E-state index is -0.136. The topological polar surface area (TPSA) is 88.7 Å². The molecular weight excluding hydrogens is 384 g/mol. The number of benzene rings is 2. The van der Waals surface area contributed by atoms with Gasteiger partial charge in [0.05, 0.1) is 50.8 Å². The number of ether oxygens (including phenoxy) is 3. The first-order valence-electron chi connectivity index (χ1n) is 9.95. The average Bonchev–Trinajstić information content (AvgIpc) is 3.28. The Morgan fingerprint density at radius 2 is 2.00 bits per heavy atom. The summed E-state index contributed by atoms with van der Waals surface area (Å²) >= 11 is 0. The van der Waals surface area contributed by atoms with E-state index in [1.165, 1.54) is 0 Å². The lowest BCUT2D eigenvalue weighted by atomic mass is 10.0. The number of H-pyrrole nitrogens is 1. The number of methoxy groups -OCH3 is 2. The Hall–Kier alpha value is -3.10. The zero-order valence-corrected chi connectivity index (χ0v) is 17.2. The third-order valence-electron chi connectivity index (χ3n) is 5.46. The van der Waals surface area contributed by atoms with Crippen LogP contribution in [-0.2, 0) is 4.74 Å². The lowest BCUT2D eigenvalue weighted by Crippen LogP contribution is -2.43. The summed E-state index contributed by atoms with van der Waals surface area (Å²) in [7, 11) is 3.24. The molecule has 3 aromatic rings. The fourth-order valence-electron chi connectivity index (χ4n) is 3.85. The molecule has 0 bridgehead atoms. The molecule has 1 fully saturated rings. The fourth-order valence-corrected chi connectivity index (χ4v) is 3.85. The van der Waals surface area contributed by atoms with Gasteiger partial charge in [-0.05, 0) is 23.8 Å². The highest BCUT2D eigenvalue weighted by atomic mass is 16.5. The van der Waals surface area contributed by atoms with Crippen molar-refractivity contribution in [2.75, 3.05) is 47.1 Å². The second-order valence-corrected chi connectivity index (χ2v) is 7.13. The van der Waals surface area contributed by atoms with Crippen LogP contribution in [0.2, 0.25) is 0 Å². The van der Waals surface area contributed by atoms with Gasteiger partial charge in [-0.1, -0.05) is 18.2 Å². The van der Waals surface area contributed by atoms with E-state index in [9.17, 15) is 4.79 Å². The van der Waals surface area contributed by atoms with Crippen molar-refractivity contribution in [2.45, 2.75) is 6.04 Å². The number of hydrogen-bond acceptors (Lipinski definition) is 6. The molecule has 0 saturated carbocycles. The third kappa shape index (κ3) is 4.10. The Morgan fingerprint density at radius 3 is 2.77 bits per heavy atom. The van der Waals surface area contributed by atoms with Crippen LogP contribution in [0, 0.1) is 0 Å². The van der Waals surface area contributed by atoms with Crippen LogP contribution in [0.4, 0.5) is 0 Å². The standard InChI is InChI=1S/C22H26N4O4/c1-28-19-7-6-15(12-20(19)29-2)18(26-8-10-30-11-9-26)14-23-22(27)17-5-3-4-16-13-24-25-21(16)17/h3-7,12-13,18H,8-11,14H2,1-2H3,(H,23,27)(H,24,25). The van der Waals surface area contributed by atoms with Crippen LogP contribution >= 0.6 is 0 Å². The van der Waals surface area contributed by atoms with Crippen molar-refractivity contribution in [2.24, 2.45) is 0 Å². The van der Waals surface area contributed by atoms with Gasteiger partial charge < -0.3 is 19.5 Å². The van der Waals surface area contributed by atoms with Crippen molar-refractivity contribution >= 4 is 16.8 Å². The van der Waals surface area contributed by atoms with E-state index in [1.807, 2.05) is 30.3 Å². The normalized spacial score (nSPS) is 15.7. The molecule has 158 valence electrons. The number of nitrogens with one attached hydrogen (secondary N) is 2. The zero-order valence-electron chi connectivity index (χ0n) is 17.2. The van der Waals surface area contributed by atoms with E-state index in [0.29, 0.717) is 36.8 Å². The predicted molar refractivity (Wildman–Crippen MR) is 113 cm³/mol. The van der Waals surface area contributed by atoms with Gasteiger partial charge in [0.1, 0.15) is 0 Å². The third-order valence-corrected chi connectivity index (χ3v) is 5.46. The number of morpholine rings is 1. The molecule has 0 radical (unpaired) electrons. The van der Waals surface area contributed by atoms with Gasteiger partial charge in [-0.2, -0.15) is 5.10 Å². The van der Waals surface area contributed by atoms with Crippen molar-refractivity contribution in [3.8, 4) is 11.5 Å². The molecule has 2 heterocycles. The van der Waals surface area contributed by atoms with E-state index in [0.717, 1.165) is 29.6 Å². The first kappa shape index (κ1) is 20.2. The minimum Gasteiger partial charge on any atom is -0.493 e. The Kier molecular flexibility index (Phi) is 6.15. The van der Waals surface area contributed by atoms with Crippen LogP contribution in [0.5, 0.6) is 11.5 Å². The molecule has 1 atom stereocenters. The number of hydrogen-bond donors (Lipinski definition) is 2. The van der Waals surface area contributed by atoms with E-state index in [4.69, 9.17) is 14.2 Å². The molecule has 1 aliphatic rings. The second kappa shape index (κ2) is 9.15. The van der Waals surface area contributed by atoms with Crippen LogP contribution in [0.3, 0.4) is 0 Å². The summed E-state index contributed by atoms with van der Waals surface area (Å²) in [5, 5.41) is 11.0. The molecule has 1 amide bonds. The van der Waals surface area contributed by atoms with Gasteiger partial charge in [0, 0.05) is 25.0 Å². The summed E-state index contributed by atoms with van der Waals surface area (Å²) in [5.74, 6) is 1.21. The van der Waals surface area contributed by atoms with Gasteiger partial charge in [0.2, 0.25) is 0 Å². The van der Waals surface area contributed by atoms with Crippen LogP contribution < -0.4 is 14.8 Å². The molecule has 1 aliphatic heterocycles. The van der Waals surface area contributed by atoms with Crippen molar-refractivity contribution in [3.63, 3.8) is 0 Å². The highest BCUT2D eigenvalue weighted by Crippen LogP contribution is 2.32. The first-order chi connectivity index (χ1) is 14.7. The predicted octanol–water partition coefficient (Wildman–Crippen LogP) is 2.38. The number of amides is 1. The molecule has 1 unspecified atom stereocenters. The Labute approximate surface area is 175 Å². The quantitative estimate of drug-likeness (QED) is 0.622. The van der Waals surface area contributed by atoms with Gasteiger partial charge in [0.15, 0.2) is 11.5 Å². The second-order valence-electron chi connectivity index (χ2n) is 7.13. The number of aromatic nitrogens is 2. The number of fused-ring (bicyclic) bond motifs is 1. The number of nitrogens with zero attached hydrogens (tertiary/aromatic N) is 2. The Morgan fingerprint density at radius 1 is 1.20 bits per heavy atom. The van der Waals surface area contributed by atoms with Crippen LogP contribution in [0.1, 0.15) is 22.0 Å². The molecule has 0 aliphatic carbocycles. The number of aromatic amines is 1. The number of carbonyl (C=O) groups is 1. The molecule has 2 N–H and O–H groups in total. The van der Waals surface area contributed by atoms with Gasteiger partial charge in [-0.15, -0.1) is 0 Å². The molecular formula is C22H26N4O4. The van der Waals surface area contributed by atoms with Crippen LogP contribution in [0.15, 0.2) is 42.6 Å². The van der Waals surface area contributed by atoms with Gasteiger partial charge in [0.25, 0.3) is 5.91 Å². The fraction of sp³-hybridized carbons (Fsp3) is 0.364. The van der Waals surface area contributed by atoms with Crippen LogP contribution in [-0.4, -0.2) is 68.1 Å². The smallest absolute Gasteiger partial charge is 0.253 e. The monoisotopic (exact) mass is 410 g/mol. The zero-order chi connectivity index (χ0) is 20.9. The highest BCUT2D eigenvalue weighted by molar-refractivity contribution is 6.05. The van der Waals surface area contributed by atoms with E-state index in [2.05, 4.69) is 20.4 Å². The molecule has 1 saturated heterocycles. The molecule has 4 rings (SSSR count). The summed E-state index contributed by atoms with van der Waals surface area (Å²) in [6, 6.07) is 11.5. The molecule has 30 heavy (non-hydrogen) atoms. The van der Waals surface area contributed by atoms with Gasteiger partial charge >= 0.3 is 0 Å². The summed E-state index contributed by atoms with van der Waals surface area (Å²) < 4.78 is 16.4. The largest absolute Gasteiger partial charge is 0.493 e. The Bertz CT molecular complexity index is 1010. The van der Waals surface area contributed by atoms with E-state index in [1.54, 1.807) is 26.5 Å². The molecule has 0 spiro atoms. The van der Waals surface area contributed by atoms with E-state index < -0.39 is 0 Å². The first-order valence-corrected chi connectivity index (χ1v) is 9.95. The maximum atomic E-state index is 13.0. The van der Waals surface area contributed by atoms with Crippen LogP contribution in [0.25, 0.3) is 10.9 Å². The van der Waals surface area contributed by atoms with Gasteiger partial charge in [-0.3, -0.25) is 14.8 Å². The highest BCUT2D eigenvalue weighted by Gasteiger charge is 2.25. The minimum absolute atomic E-state index is 0.0152. The molecule has 2 aromatic carbocycles. The lowest BCUT2D eigenvalue weighted by molar-refractivity contribution is 0.0162. The van der Waals surface area contributed by atoms with Crippen molar-refractivity contribution < 1.29 is 19.0 Å². The maximum absolute atomic E-state index is 13.0. The number of carbonyl (C=O) groups excluding carboxylic acids is 1. The van der Waals surface area contributed by atoms with Crippen molar-refractivity contribution in [1.82, 2.24) is 20.4 Å². The number of para-hydroxylation sites is 1. The van der Waals surface area contributed by atoms with Crippen molar-refractivity contribution in [1.29, 1.82) is 0 Å². The van der Waals surface area contributed by atoms with Crippen molar-refractivity contribution in [3.05, 3.63) is 53.7 Å². The maximum Gasteiger partial charge on any atom is 0.253 e.